The summed E-state index contributed by atoms with van der Waals surface area (Å²) >= 11 is 0. The molecule has 0 saturated heterocycles. The zero-order chi connectivity index (χ0) is 16.8. The molecule has 0 atom stereocenters. The third kappa shape index (κ3) is 4.25. The Bertz CT molecular complexity index is 803. The fourth-order valence-electron chi connectivity index (χ4n) is 1.77. The van der Waals surface area contributed by atoms with E-state index in [2.05, 4.69) is 5.32 Å². The van der Waals surface area contributed by atoms with Crippen molar-refractivity contribution in [1.82, 2.24) is 0 Å². The molecular formula is C17H11FN2O3. The molecule has 0 aliphatic rings. The van der Waals surface area contributed by atoms with Crippen LogP contribution >= 0.6 is 0 Å². The molecule has 0 unspecified atom stereocenters. The second-order valence-corrected chi connectivity index (χ2v) is 4.56. The number of rotatable bonds is 4. The Morgan fingerprint density at radius 2 is 1.70 bits per heavy atom. The van der Waals surface area contributed by atoms with Crippen molar-refractivity contribution in [3.05, 3.63) is 71.0 Å². The number of hydrogen-bond acceptors (Lipinski definition) is 3. The van der Waals surface area contributed by atoms with Gasteiger partial charge in [-0.05, 0) is 48.0 Å². The normalized spacial score (nSPS) is 10.7. The van der Waals surface area contributed by atoms with E-state index >= 15 is 0 Å². The maximum absolute atomic E-state index is 12.8. The lowest BCUT2D eigenvalue weighted by molar-refractivity contribution is -0.112. The van der Waals surface area contributed by atoms with Gasteiger partial charge < -0.3 is 10.4 Å². The molecule has 5 nitrogen and oxygen atoms in total. The molecule has 23 heavy (non-hydrogen) atoms. The largest absolute Gasteiger partial charge is 0.478 e. The van der Waals surface area contributed by atoms with E-state index in [9.17, 15) is 14.0 Å². The van der Waals surface area contributed by atoms with Gasteiger partial charge in [0.25, 0.3) is 5.91 Å². The molecule has 0 heterocycles. The molecule has 0 spiro atoms. The summed E-state index contributed by atoms with van der Waals surface area (Å²) < 4.78 is 12.8. The van der Waals surface area contributed by atoms with Crippen molar-refractivity contribution in [2.45, 2.75) is 0 Å². The summed E-state index contributed by atoms with van der Waals surface area (Å²) in [5, 5.41) is 20.4. The molecule has 2 aromatic carbocycles. The molecular weight excluding hydrogens is 299 g/mol. The van der Waals surface area contributed by atoms with Gasteiger partial charge in [-0.1, -0.05) is 12.1 Å². The van der Waals surface area contributed by atoms with Crippen molar-refractivity contribution in [2.24, 2.45) is 0 Å². The first kappa shape index (κ1) is 15.9. The number of amides is 1. The van der Waals surface area contributed by atoms with Crippen LogP contribution in [-0.4, -0.2) is 17.0 Å². The van der Waals surface area contributed by atoms with Crippen LogP contribution in [0.4, 0.5) is 10.1 Å². The fraction of sp³-hybridized carbons (Fsp3) is 0. The Morgan fingerprint density at radius 3 is 2.22 bits per heavy atom. The number of aromatic carboxylic acids is 1. The van der Waals surface area contributed by atoms with Crippen molar-refractivity contribution in [3.63, 3.8) is 0 Å². The summed E-state index contributed by atoms with van der Waals surface area (Å²) in [5.74, 6) is -2.12. The van der Waals surface area contributed by atoms with E-state index in [-0.39, 0.29) is 11.1 Å². The average Bonchev–Trinajstić information content (AvgIpc) is 2.54. The molecule has 1 amide bonds. The molecule has 2 rings (SSSR count). The fourth-order valence-corrected chi connectivity index (χ4v) is 1.77. The quantitative estimate of drug-likeness (QED) is 0.670. The summed E-state index contributed by atoms with van der Waals surface area (Å²) in [4.78, 5) is 22.8. The predicted octanol–water partition coefficient (Wildman–Crippen LogP) is 3.07. The summed E-state index contributed by atoms with van der Waals surface area (Å²) in [6.07, 6.45) is 1.33. The monoisotopic (exact) mass is 310 g/mol. The van der Waals surface area contributed by atoms with Crippen molar-refractivity contribution in [1.29, 1.82) is 5.26 Å². The molecule has 0 saturated carbocycles. The van der Waals surface area contributed by atoms with Crippen LogP contribution in [0.5, 0.6) is 0 Å². The second-order valence-electron chi connectivity index (χ2n) is 4.56. The summed E-state index contributed by atoms with van der Waals surface area (Å²) in [5.41, 5.74) is 0.809. The van der Waals surface area contributed by atoms with Crippen LogP contribution in [0.3, 0.4) is 0 Å². The Balaban J connectivity index is 2.15. The van der Waals surface area contributed by atoms with Crippen LogP contribution < -0.4 is 5.32 Å². The van der Waals surface area contributed by atoms with Crippen LogP contribution in [-0.2, 0) is 4.79 Å². The van der Waals surface area contributed by atoms with E-state index in [0.717, 1.165) is 0 Å². The van der Waals surface area contributed by atoms with Gasteiger partial charge in [0.05, 0.1) is 5.56 Å². The third-order valence-corrected chi connectivity index (χ3v) is 2.94. The van der Waals surface area contributed by atoms with Crippen LogP contribution in [0.2, 0.25) is 0 Å². The molecule has 6 heteroatoms. The highest BCUT2D eigenvalue weighted by atomic mass is 19.1. The predicted molar refractivity (Wildman–Crippen MR) is 82.0 cm³/mol. The van der Waals surface area contributed by atoms with Crippen molar-refractivity contribution in [3.8, 4) is 6.07 Å². The summed E-state index contributed by atoms with van der Waals surface area (Å²) in [6.45, 7) is 0. The lowest BCUT2D eigenvalue weighted by atomic mass is 10.1. The molecule has 0 bridgehead atoms. The van der Waals surface area contributed by atoms with Gasteiger partial charge in [0, 0.05) is 5.69 Å². The lowest BCUT2D eigenvalue weighted by Gasteiger charge is -2.04. The van der Waals surface area contributed by atoms with E-state index in [1.165, 1.54) is 54.6 Å². The number of carboxylic acid groups (broad SMARTS) is 1. The van der Waals surface area contributed by atoms with Gasteiger partial charge in [-0.2, -0.15) is 5.26 Å². The molecule has 0 aliphatic heterocycles. The highest BCUT2D eigenvalue weighted by Gasteiger charge is 2.10. The number of nitrogens with zero attached hydrogens (tertiary/aromatic N) is 1. The van der Waals surface area contributed by atoms with E-state index in [1.54, 1.807) is 6.07 Å². The minimum atomic E-state index is -1.07. The number of carboxylic acids is 1. The minimum Gasteiger partial charge on any atom is -0.478 e. The van der Waals surface area contributed by atoms with E-state index in [4.69, 9.17) is 10.4 Å². The number of carbonyl (C=O) groups is 2. The topological polar surface area (TPSA) is 90.2 Å². The Morgan fingerprint density at radius 1 is 1.09 bits per heavy atom. The standard InChI is InChI=1S/C17H11FN2O3/c18-14-5-1-11(2-6-14)9-13(10-19)16(21)20-15-7-3-12(4-8-15)17(22)23/h1-9H,(H,20,21)(H,22,23). The van der Waals surface area contributed by atoms with Crippen LogP contribution in [0.25, 0.3) is 6.08 Å². The van der Waals surface area contributed by atoms with Crippen molar-refractivity contribution in [2.75, 3.05) is 5.32 Å². The minimum absolute atomic E-state index is 0.0883. The molecule has 0 fully saturated rings. The molecule has 114 valence electrons. The highest BCUT2D eigenvalue weighted by Crippen LogP contribution is 2.13. The van der Waals surface area contributed by atoms with Crippen LogP contribution in [0.1, 0.15) is 15.9 Å². The number of hydrogen-bond donors (Lipinski definition) is 2. The van der Waals surface area contributed by atoms with Gasteiger partial charge in [-0.3, -0.25) is 4.79 Å². The Labute approximate surface area is 131 Å². The number of anilines is 1. The van der Waals surface area contributed by atoms with E-state index in [0.29, 0.717) is 11.3 Å². The lowest BCUT2D eigenvalue weighted by Crippen LogP contribution is -2.13. The number of nitrogens with one attached hydrogen (secondary N) is 1. The van der Waals surface area contributed by atoms with Gasteiger partial charge >= 0.3 is 5.97 Å². The number of carbonyl (C=O) groups excluding carboxylic acids is 1. The summed E-state index contributed by atoms with van der Waals surface area (Å²) in [7, 11) is 0. The SMILES string of the molecule is N#CC(=Cc1ccc(F)cc1)C(=O)Nc1ccc(C(=O)O)cc1. The van der Waals surface area contributed by atoms with Gasteiger partial charge in [-0.15, -0.1) is 0 Å². The van der Waals surface area contributed by atoms with Gasteiger partial charge in [0.2, 0.25) is 0 Å². The van der Waals surface area contributed by atoms with Crippen molar-refractivity contribution >= 4 is 23.6 Å². The molecule has 0 radical (unpaired) electrons. The average molecular weight is 310 g/mol. The van der Waals surface area contributed by atoms with Crippen molar-refractivity contribution < 1.29 is 19.1 Å². The molecule has 0 aromatic heterocycles. The Kier molecular flexibility index (Phi) is 4.85. The third-order valence-electron chi connectivity index (χ3n) is 2.94. The first-order chi connectivity index (χ1) is 11.0. The molecule has 2 N–H and O–H groups in total. The molecule has 0 aliphatic carbocycles. The number of nitriles is 1. The van der Waals surface area contributed by atoms with Crippen LogP contribution in [0.15, 0.2) is 54.1 Å². The maximum atomic E-state index is 12.8. The first-order valence-corrected chi connectivity index (χ1v) is 6.51. The maximum Gasteiger partial charge on any atom is 0.335 e. The highest BCUT2D eigenvalue weighted by molar-refractivity contribution is 6.09. The zero-order valence-electron chi connectivity index (χ0n) is 11.8. The number of benzene rings is 2. The smallest absolute Gasteiger partial charge is 0.335 e. The van der Waals surface area contributed by atoms with E-state index in [1.807, 2.05) is 0 Å². The van der Waals surface area contributed by atoms with Crippen LogP contribution in [0, 0.1) is 17.1 Å². The Hall–Kier alpha value is -3.46. The number of halogens is 1. The first-order valence-electron chi connectivity index (χ1n) is 6.51. The second kappa shape index (κ2) is 7.00. The van der Waals surface area contributed by atoms with Gasteiger partial charge in [0.15, 0.2) is 0 Å². The molecule has 2 aromatic rings. The summed E-state index contributed by atoms with van der Waals surface area (Å²) in [6, 6.07) is 12.7. The van der Waals surface area contributed by atoms with E-state index < -0.39 is 17.7 Å². The zero-order valence-corrected chi connectivity index (χ0v) is 11.8. The van der Waals surface area contributed by atoms with Gasteiger partial charge in [0.1, 0.15) is 17.5 Å². The van der Waals surface area contributed by atoms with Gasteiger partial charge in [-0.25, -0.2) is 9.18 Å².